The molecule has 320 valence electrons. The summed E-state index contributed by atoms with van der Waals surface area (Å²) < 4.78 is 33.6. The molecule has 0 aromatic carbocycles. The van der Waals surface area contributed by atoms with Gasteiger partial charge in [0, 0.05) is 12.8 Å². The molecule has 0 radical (unpaired) electrons. The molecule has 0 saturated heterocycles. The molecule has 12 heteroatoms. The summed E-state index contributed by atoms with van der Waals surface area (Å²) in [5.74, 6) is -1.12. The van der Waals surface area contributed by atoms with Gasteiger partial charge in [-0.25, -0.2) is 0 Å². The van der Waals surface area contributed by atoms with Gasteiger partial charge in [-0.3, -0.25) is 14.2 Å². The number of phosphoric ester groups is 1. The van der Waals surface area contributed by atoms with Crippen LogP contribution in [0.3, 0.4) is 0 Å². The lowest BCUT2D eigenvalue weighted by molar-refractivity contribution is -0.870. The number of rotatable bonds is 37. The van der Waals surface area contributed by atoms with Gasteiger partial charge in [-0.1, -0.05) is 133 Å². The second-order valence-corrected chi connectivity index (χ2v) is 16.7. The second kappa shape index (κ2) is 35.1. The third-order valence-corrected chi connectivity index (χ3v) is 9.78. The molecule has 0 aromatic heterocycles. The van der Waals surface area contributed by atoms with E-state index in [-0.39, 0.29) is 45.3 Å². The molecule has 0 aromatic rings. The van der Waals surface area contributed by atoms with Gasteiger partial charge in [0.1, 0.15) is 19.8 Å². The Morgan fingerprint density at radius 3 is 1.71 bits per heavy atom. The summed E-state index contributed by atoms with van der Waals surface area (Å²) in [5.41, 5.74) is 0. The quantitative estimate of drug-likeness (QED) is 0.0205. The molecule has 0 aliphatic carbocycles. The third kappa shape index (κ3) is 37.2. The van der Waals surface area contributed by atoms with E-state index in [0.29, 0.717) is 17.4 Å². The number of ether oxygens (including phenoxy) is 2. The number of carbonyl (C=O) groups is 2. The van der Waals surface area contributed by atoms with Gasteiger partial charge in [0.2, 0.25) is 0 Å². The molecule has 0 spiro atoms. The van der Waals surface area contributed by atoms with Crippen molar-refractivity contribution in [1.29, 1.82) is 0 Å². The zero-order valence-corrected chi connectivity index (χ0v) is 36.0. The van der Waals surface area contributed by atoms with Gasteiger partial charge in [-0.05, 0) is 51.4 Å². The number of likely N-dealkylation sites (N-methyl/N-ethyl adjacent to an activating group) is 1. The summed E-state index contributed by atoms with van der Waals surface area (Å²) in [6, 6.07) is 0. The Balaban J connectivity index is 4.66. The number of hydrogen-bond donors (Lipinski definition) is 2. The van der Waals surface area contributed by atoms with E-state index in [4.69, 9.17) is 18.5 Å². The lowest BCUT2D eigenvalue weighted by Crippen LogP contribution is -2.37. The average Bonchev–Trinajstić information content (AvgIpc) is 3.12. The van der Waals surface area contributed by atoms with Gasteiger partial charge >= 0.3 is 11.9 Å². The van der Waals surface area contributed by atoms with E-state index in [0.717, 1.165) is 44.9 Å². The van der Waals surface area contributed by atoms with Crippen molar-refractivity contribution < 1.29 is 52.3 Å². The first-order valence-electron chi connectivity index (χ1n) is 21.0. The van der Waals surface area contributed by atoms with Crippen molar-refractivity contribution in [2.24, 2.45) is 0 Å². The fraction of sp³-hybridized carbons (Fsp3) is 0.767. The lowest BCUT2D eigenvalue weighted by atomic mass is 10.0. The van der Waals surface area contributed by atoms with Crippen LogP contribution in [0.15, 0.2) is 48.6 Å². The van der Waals surface area contributed by atoms with Crippen LogP contribution in [0.1, 0.15) is 149 Å². The normalized spacial score (nSPS) is 15.3. The number of esters is 2. The van der Waals surface area contributed by atoms with Crippen molar-refractivity contribution in [3.63, 3.8) is 0 Å². The summed E-state index contributed by atoms with van der Waals surface area (Å²) in [4.78, 5) is 37.5. The van der Waals surface area contributed by atoms with Crippen molar-refractivity contribution >= 4 is 19.8 Å². The highest BCUT2D eigenvalue weighted by molar-refractivity contribution is 7.45. The number of nitrogens with zero attached hydrogens (tertiary/aromatic N) is 1. The van der Waals surface area contributed by atoms with Crippen molar-refractivity contribution in [1.82, 2.24) is 0 Å². The van der Waals surface area contributed by atoms with Crippen LogP contribution < -0.4 is 4.89 Å². The van der Waals surface area contributed by atoms with Crippen LogP contribution in [0, 0.1) is 0 Å². The average molecular weight is 800 g/mol. The van der Waals surface area contributed by atoms with Gasteiger partial charge in [0.05, 0.1) is 40.0 Å². The number of aliphatic hydroxyl groups is 2. The fourth-order valence-corrected chi connectivity index (χ4v) is 6.12. The van der Waals surface area contributed by atoms with Crippen molar-refractivity contribution in [2.75, 3.05) is 47.5 Å². The van der Waals surface area contributed by atoms with Gasteiger partial charge < -0.3 is 38.1 Å². The Morgan fingerprint density at radius 1 is 0.655 bits per heavy atom. The predicted octanol–water partition coefficient (Wildman–Crippen LogP) is 8.83. The molecule has 1 unspecified atom stereocenters. The molecule has 0 fully saturated rings. The summed E-state index contributed by atoms with van der Waals surface area (Å²) in [6.45, 7) is 3.75. The van der Waals surface area contributed by atoms with E-state index in [9.17, 15) is 29.3 Å². The number of hydrogen-bond acceptors (Lipinski definition) is 10. The zero-order chi connectivity index (χ0) is 41.0. The van der Waals surface area contributed by atoms with E-state index in [1.165, 1.54) is 51.4 Å². The number of aliphatic hydroxyl groups excluding tert-OH is 2. The Morgan fingerprint density at radius 2 is 1.16 bits per heavy atom. The van der Waals surface area contributed by atoms with Crippen LogP contribution in [0.5, 0.6) is 0 Å². The minimum atomic E-state index is -4.70. The molecular weight excluding hydrogens is 721 g/mol. The van der Waals surface area contributed by atoms with E-state index in [1.54, 1.807) is 0 Å². The first kappa shape index (κ1) is 52.9. The second-order valence-electron chi connectivity index (χ2n) is 15.3. The lowest BCUT2D eigenvalue weighted by Gasteiger charge is -2.28. The Labute approximate surface area is 334 Å². The van der Waals surface area contributed by atoms with Gasteiger partial charge in [0.25, 0.3) is 7.82 Å². The summed E-state index contributed by atoms with van der Waals surface area (Å²) in [7, 11) is 0.983. The maximum atomic E-state index is 12.7. The Bertz CT molecular complexity index is 1120. The maximum Gasteiger partial charge on any atom is 0.306 e. The number of quaternary nitrogens is 1. The molecule has 55 heavy (non-hydrogen) atoms. The number of carbonyl (C=O) groups excluding carboxylic acids is 2. The molecule has 0 aliphatic rings. The Hall–Kier alpha value is -2.11. The highest BCUT2D eigenvalue weighted by atomic mass is 31.2. The van der Waals surface area contributed by atoms with Crippen LogP contribution in [-0.4, -0.2) is 92.5 Å². The largest absolute Gasteiger partial charge is 0.756 e. The van der Waals surface area contributed by atoms with E-state index < -0.39 is 44.7 Å². The summed E-state index contributed by atoms with van der Waals surface area (Å²) in [6.07, 6.45) is 31.7. The SMILES string of the molecule is CC/C=C\C/C=C\C/C=C\C/C=C\C[C@@H](O)[C@H](O)CCCC(=O)O[C@H](COC(=O)CCCCCCCCCCCCCC)COP(=O)([O-])OCC[N+](C)(C)C. The van der Waals surface area contributed by atoms with Crippen LogP contribution in [0.25, 0.3) is 0 Å². The zero-order valence-electron chi connectivity index (χ0n) is 35.1. The molecule has 4 atom stereocenters. The minimum absolute atomic E-state index is 0.0841. The molecule has 2 N–H and O–H groups in total. The number of phosphoric acid groups is 1. The summed E-state index contributed by atoms with van der Waals surface area (Å²) >= 11 is 0. The van der Waals surface area contributed by atoms with Gasteiger partial charge in [-0.2, -0.15) is 0 Å². The maximum absolute atomic E-state index is 12.7. The van der Waals surface area contributed by atoms with Gasteiger partial charge in [0.15, 0.2) is 6.10 Å². The third-order valence-electron chi connectivity index (χ3n) is 8.81. The molecule has 11 nitrogen and oxygen atoms in total. The smallest absolute Gasteiger partial charge is 0.306 e. The fourth-order valence-electron chi connectivity index (χ4n) is 5.39. The number of allylic oxidation sites excluding steroid dienone is 7. The molecule has 0 saturated carbocycles. The highest BCUT2D eigenvalue weighted by Crippen LogP contribution is 2.38. The Kier molecular flexibility index (Phi) is 33.7. The number of unbranched alkanes of at least 4 members (excludes halogenated alkanes) is 11. The molecule has 0 amide bonds. The van der Waals surface area contributed by atoms with Crippen molar-refractivity contribution in [3.8, 4) is 0 Å². The minimum Gasteiger partial charge on any atom is -0.756 e. The van der Waals surface area contributed by atoms with Crippen LogP contribution >= 0.6 is 7.82 Å². The van der Waals surface area contributed by atoms with Crippen LogP contribution in [0.2, 0.25) is 0 Å². The molecular formula is C43H78NO10P. The van der Waals surface area contributed by atoms with E-state index in [1.807, 2.05) is 39.4 Å². The predicted molar refractivity (Wildman–Crippen MR) is 220 cm³/mol. The molecule has 0 aliphatic heterocycles. The van der Waals surface area contributed by atoms with Crippen LogP contribution in [-0.2, 0) is 32.7 Å². The summed E-state index contributed by atoms with van der Waals surface area (Å²) in [5, 5.41) is 20.7. The van der Waals surface area contributed by atoms with E-state index in [2.05, 4.69) is 44.2 Å². The van der Waals surface area contributed by atoms with Gasteiger partial charge in [-0.15, -0.1) is 0 Å². The van der Waals surface area contributed by atoms with Crippen molar-refractivity contribution in [3.05, 3.63) is 48.6 Å². The first-order chi connectivity index (χ1) is 26.3. The highest BCUT2D eigenvalue weighted by Gasteiger charge is 2.22. The molecule has 0 rings (SSSR count). The standard InChI is InChI=1S/C43H78NO10P/c1-6-8-10-12-14-16-18-20-22-24-26-28-31-40(45)41(46)32-30-34-43(48)54-39(38-53-55(49,50)52-36-35-44(3,4)5)37-51-42(47)33-29-27-25-23-21-19-17-15-13-11-9-7-2/h8,10,14,16,20,22,26,28,39-41,45-46H,6-7,9,11-13,15,17-19,21,23-25,27,29-38H2,1-5H3/b10-8-,16-14-,22-20-,28-26-/t39-,40-,41-/m1/s1. The van der Waals surface area contributed by atoms with Crippen LogP contribution in [0.4, 0.5) is 0 Å². The molecule has 0 heterocycles. The monoisotopic (exact) mass is 800 g/mol. The van der Waals surface area contributed by atoms with E-state index >= 15 is 0 Å². The first-order valence-corrected chi connectivity index (χ1v) is 22.5. The topological polar surface area (TPSA) is 152 Å². The molecule has 0 bridgehead atoms. The van der Waals surface area contributed by atoms with Crippen molar-refractivity contribution in [2.45, 2.75) is 167 Å².